The van der Waals surface area contributed by atoms with Gasteiger partial charge in [0, 0.05) is 0 Å². The van der Waals surface area contributed by atoms with Gasteiger partial charge in [0.05, 0.1) is 9.65 Å². The van der Waals surface area contributed by atoms with Crippen molar-refractivity contribution in [1.82, 2.24) is 0 Å². The fourth-order valence-corrected chi connectivity index (χ4v) is 7.47. The second kappa shape index (κ2) is 6.31. The van der Waals surface area contributed by atoms with Gasteiger partial charge >= 0.3 is 0 Å². The van der Waals surface area contributed by atoms with Crippen LogP contribution < -0.4 is 0 Å². The van der Waals surface area contributed by atoms with E-state index >= 15 is 0 Å². The molecule has 0 saturated heterocycles. The van der Waals surface area contributed by atoms with Crippen LogP contribution in [-0.2, 0) is 0 Å². The molecule has 0 aromatic carbocycles. The highest BCUT2D eigenvalue weighted by atomic mass is 79.9. The average Bonchev–Trinajstić information content (AvgIpc) is 3.03. The van der Waals surface area contributed by atoms with Gasteiger partial charge in [-0.25, -0.2) is 0 Å². The minimum absolute atomic E-state index is 0.0186. The van der Waals surface area contributed by atoms with Gasteiger partial charge in [-0.2, -0.15) is 0 Å². The van der Waals surface area contributed by atoms with Gasteiger partial charge in [0.25, 0.3) is 0 Å². The van der Waals surface area contributed by atoms with Gasteiger partial charge < -0.3 is 0 Å². The Hall–Kier alpha value is 3.08. The molecule has 0 spiro atoms. The molecular formula is C14H18Br4Cl4. The van der Waals surface area contributed by atoms with E-state index in [4.69, 9.17) is 46.4 Å². The van der Waals surface area contributed by atoms with Crippen molar-refractivity contribution in [3.63, 3.8) is 0 Å². The fourth-order valence-electron chi connectivity index (χ4n) is 4.33. The van der Waals surface area contributed by atoms with Crippen molar-refractivity contribution in [1.29, 1.82) is 0 Å². The molecule has 2 fully saturated rings. The molecule has 2 saturated carbocycles. The molecule has 2 rings (SSSR count). The third-order valence-corrected chi connectivity index (χ3v) is 12.4. The SMILES string of the molecule is CC1(C)C(C(Br)C(Cl)(Cl)Br)C1C1C(C(Br)C(Cl)(Cl)Br)C1(C)C. The van der Waals surface area contributed by atoms with Crippen molar-refractivity contribution in [2.45, 2.75) is 43.8 Å². The van der Waals surface area contributed by atoms with Crippen LogP contribution in [0.1, 0.15) is 27.7 Å². The highest BCUT2D eigenvalue weighted by molar-refractivity contribution is 9.13. The van der Waals surface area contributed by atoms with E-state index in [1.54, 1.807) is 0 Å². The zero-order chi connectivity index (χ0) is 17.5. The Morgan fingerprint density at radius 3 is 1.14 bits per heavy atom. The van der Waals surface area contributed by atoms with E-state index in [0.29, 0.717) is 23.7 Å². The van der Waals surface area contributed by atoms with E-state index in [9.17, 15) is 0 Å². The monoisotopic (exact) mass is 642 g/mol. The van der Waals surface area contributed by atoms with Crippen LogP contribution in [0.25, 0.3) is 0 Å². The normalized spacial score (nSPS) is 39.3. The predicted molar refractivity (Wildman–Crippen MR) is 114 cm³/mol. The molecule has 130 valence electrons. The molecule has 2 aliphatic rings. The molecule has 6 atom stereocenters. The fraction of sp³-hybridized carbons (Fsp3) is 1.00. The number of hydrogen-bond acceptors (Lipinski definition) is 0. The van der Waals surface area contributed by atoms with Crippen LogP contribution in [0.5, 0.6) is 0 Å². The third kappa shape index (κ3) is 3.71. The Bertz CT molecular complexity index is 413. The molecule has 0 amide bonds. The topological polar surface area (TPSA) is 0 Å². The lowest BCUT2D eigenvalue weighted by Gasteiger charge is -2.20. The lowest BCUT2D eigenvalue weighted by Crippen LogP contribution is -2.24. The molecule has 0 heterocycles. The Kier molecular flexibility index (Phi) is 6.13. The minimum Gasteiger partial charge on any atom is -0.0875 e. The smallest absolute Gasteiger partial charge is 0.0875 e. The van der Waals surface area contributed by atoms with Gasteiger partial charge in [-0.3, -0.25) is 0 Å². The van der Waals surface area contributed by atoms with E-state index in [2.05, 4.69) is 91.4 Å². The van der Waals surface area contributed by atoms with Crippen molar-refractivity contribution in [3.8, 4) is 0 Å². The summed E-state index contributed by atoms with van der Waals surface area (Å²) in [6.07, 6.45) is 0. The highest BCUT2D eigenvalue weighted by Crippen LogP contribution is 2.79. The first-order valence-corrected chi connectivity index (χ1v) is 11.9. The largest absolute Gasteiger partial charge is 0.184 e. The van der Waals surface area contributed by atoms with E-state index in [-0.39, 0.29) is 20.5 Å². The molecule has 0 radical (unpaired) electrons. The van der Waals surface area contributed by atoms with Gasteiger partial charge in [0.2, 0.25) is 0 Å². The number of alkyl halides is 8. The highest BCUT2D eigenvalue weighted by Gasteiger charge is 2.77. The summed E-state index contributed by atoms with van der Waals surface area (Å²) in [5.41, 5.74) is 0.349. The second-order valence-corrected chi connectivity index (χ2v) is 16.7. The molecule has 0 nitrogen and oxygen atoms in total. The Morgan fingerprint density at radius 2 is 0.955 bits per heavy atom. The summed E-state index contributed by atoms with van der Waals surface area (Å²) in [7, 11) is 0. The molecule has 0 bridgehead atoms. The van der Waals surface area contributed by atoms with Crippen LogP contribution in [0, 0.1) is 34.5 Å². The van der Waals surface area contributed by atoms with Crippen molar-refractivity contribution in [2.24, 2.45) is 34.5 Å². The molecule has 6 unspecified atom stereocenters. The molecule has 22 heavy (non-hydrogen) atoms. The molecule has 0 aliphatic heterocycles. The molecular weight excluding hydrogens is 630 g/mol. The van der Waals surface area contributed by atoms with Crippen molar-refractivity contribution >= 4 is 110 Å². The maximum Gasteiger partial charge on any atom is 0.184 e. The van der Waals surface area contributed by atoms with Crippen LogP contribution in [0.3, 0.4) is 0 Å². The Balaban J connectivity index is 2.20. The van der Waals surface area contributed by atoms with E-state index in [0.717, 1.165) is 0 Å². The summed E-state index contributed by atoms with van der Waals surface area (Å²) in [5.74, 6) is 1.83. The van der Waals surface area contributed by atoms with Crippen LogP contribution in [0.4, 0.5) is 0 Å². The summed E-state index contributed by atoms with van der Waals surface area (Å²) in [6.45, 7) is 9.11. The van der Waals surface area contributed by atoms with Crippen LogP contribution in [0.2, 0.25) is 0 Å². The average molecular weight is 648 g/mol. The van der Waals surface area contributed by atoms with Crippen molar-refractivity contribution < 1.29 is 0 Å². The van der Waals surface area contributed by atoms with Crippen LogP contribution in [-0.4, -0.2) is 16.1 Å². The zero-order valence-corrected chi connectivity index (χ0v) is 21.9. The van der Waals surface area contributed by atoms with Gasteiger partial charge in [-0.15, -0.1) is 0 Å². The van der Waals surface area contributed by atoms with Crippen molar-refractivity contribution in [2.75, 3.05) is 0 Å². The first kappa shape index (κ1) is 21.4. The van der Waals surface area contributed by atoms with E-state index in [1.807, 2.05) is 0 Å². The number of halogens is 8. The van der Waals surface area contributed by atoms with Gasteiger partial charge in [0.1, 0.15) is 0 Å². The predicted octanol–water partition coefficient (Wildman–Crippen LogP) is 8.11. The van der Waals surface area contributed by atoms with Gasteiger partial charge in [-0.1, -0.05) is 106 Å². The van der Waals surface area contributed by atoms with E-state index < -0.39 is 6.49 Å². The number of hydrogen-bond donors (Lipinski definition) is 0. The maximum atomic E-state index is 6.26. The van der Waals surface area contributed by atoms with Crippen molar-refractivity contribution in [3.05, 3.63) is 0 Å². The van der Waals surface area contributed by atoms with E-state index in [1.165, 1.54) is 0 Å². The standard InChI is InChI=1S/C14H18Br4Cl4/c1-11(2)5(7(11)9(15)13(17,19)20)6-8(12(6,3)4)10(16)14(18,21)22/h5-10H,1-4H3. The second-order valence-electron chi connectivity index (χ2n) is 7.63. The van der Waals surface area contributed by atoms with Gasteiger partial charge in [-0.05, 0) is 66.4 Å². The minimum atomic E-state index is -0.968. The lowest BCUT2D eigenvalue weighted by molar-refractivity contribution is 0.447. The third-order valence-electron chi connectivity index (χ3n) is 5.63. The zero-order valence-electron chi connectivity index (χ0n) is 12.5. The van der Waals surface area contributed by atoms with Crippen LogP contribution in [0.15, 0.2) is 0 Å². The van der Waals surface area contributed by atoms with Crippen LogP contribution >= 0.6 is 110 Å². The molecule has 0 N–H and O–H groups in total. The first-order valence-electron chi connectivity index (χ1n) is 6.97. The quantitative estimate of drug-likeness (QED) is 0.265. The Morgan fingerprint density at radius 1 is 0.727 bits per heavy atom. The summed E-state index contributed by atoms with van der Waals surface area (Å²) in [5, 5.41) is 0. The van der Waals surface area contributed by atoms with Gasteiger partial charge in [0.15, 0.2) is 6.49 Å². The summed E-state index contributed by atoms with van der Waals surface area (Å²) >= 11 is 39.1. The Labute approximate surface area is 186 Å². The summed E-state index contributed by atoms with van der Waals surface area (Å²) < 4.78 is -1.94. The number of rotatable bonds is 5. The molecule has 0 aromatic rings. The lowest BCUT2D eigenvalue weighted by atomic mass is 10.0. The first-order chi connectivity index (χ1) is 9.55. The molecule has 2 aliphatic carbocycles. The molecule has 0 aromatic heterocycles. The molecule has 8 heteroatoms. The maximum absolute atomic E-state index is 6.26. The summed E-state index contributed by atoms with van der Waals surface area (Å²) in [4.78, 5) is -0.0372. The summed E-state index contributed by atoms with van der Waals surface area (Å²) in [6, 6.07) is 0.